The normalized spacial score (nSPS) is 11.5. The van der Waals surface area contributed by atoms with Crippen LogP contribution < -0.4 is 10.6 Å². The summed E-state index contributed by atoms with van der Waals surface area (Å²) in [7, 11) is 0. The zero-order valence-electron chi connectivity index (χ0n) is 19.5. The van der Waals surface area contributed by atoms with Crippen LogP contribution in [0.3, 0.4) is 0 Å². The SMILES string of the molecule is CCC(Sc1cccc(NC(=O)c2cccc([N+](=O)[O-])c2)c1)C(=O)Nc1nc(-c2ccc(F)cc2)cs1. The van der Waals surface area contributed by atoms with E-state index in [2.05, 4.69) is 15.6 Å². The highest BCUT2D eigenvalue weighted by Crippen LogP contribution is 2.30. The first kappa shape index (κ1) is 26.0. The summed E-state index contributed by atoms with van der Waals surface area (Å²) < 4.78 is 13.2. The summed E-state index contributed by atoms with van der Waals surface area (Å²) in [6, 6.07) is 18.5. The highest BCUT2D eigenvalue weighted by atomic mass is 32.2. The number of non-ortho nitro benzene ring substituents is 1. The number of rotatable bonds is 9. The Kier molecular flexibility index (Phi) is 8.26. The molecule has 3 aromatic carbocycles. The van der Waals surface area contributed by atoms with E-state index in [0.29, 0.717) is 22.9 Å². The molecular weight excluding hydrogens is 515 g/mol. The van der Waals surface area contributed by atoms with Crippen molar-refractivity contribution in [2.24, 2.45) is 0 Å². The Balaban J connectivity index is 1.40. The Morgan fingerprint density at radius 2 is 1.84 bits per heavy atom. The Morgan fingerprint density at radius 1 is 1.08 bits per heavy atom. The van der Waals surface area contributed by atoms with Crippen LogP contribution >= 0.6 is 23.1 Å². The molecule has 1 aromatic heterocycles. The first-order chi connectivity index (χ1) is 17.8. The molecule has 2 amide bonds. The molecule has 37 heavy (non-hydrogen) atoms. The molecule has 11 heteroatoms. The number of carbonyl (C=O) groups excluding carboxylic acids is 2. The van der Waals surface area contributed by atoms with E-state index < -0.39 is 16.1 Å². The number of amides is 2. The lowest BCUT2D eigenvalue weighted by Gasteiger charge is -2.14. The van der Waals surface area contributed by atoms with Crippen molar-refractivity contribution >= 4 is 51.4 Å². The van der Waals surface area contributed by atoms with Gasteiger partial charge in [0.25, 0.3) is 11.6 Å². The fraction of sp³-hybridized carbons (Fsp3) is 0.115. The molecule has 0 aliphatic rings. The van der Waals surface area contributed by atoms with Gasteiger partial charge in [-0.15, -0.1) is 23.1 Å². The number of hydrogen-bond donors (Lipinski definition) is 2. The van der Waals surface area contributed by atoms with Crippen molar-refractivity contribution in [1.82, 2.24) is 4.98 Å². The van der Waals surface area contributed by atoms with Crippen LogP contribution in [0.25, 0.3) is 11.3 Å². The first-order valence-corrected chi connectivity index (χ1v) is 12.9. The third kappa shape index (κ3) is 6.78. The van der Waals surface area contributed by atoms with Gasteiger partial charge in [0.2, 0.25) is 5.91 Å². The number of halogens is 1. The van der Waals surface area contributed by atoms with Gasteiger partial charge in [-0.25, -0.2) is 9.37 Å². The molecule has 188 valence electrons. The highest BCUT2D eigenvalue weighted by molar-refractivity contribution is 8.00. The topological polar surface area (TPSA) is 114 Å². The number of nitro groups is 1. The van der Waals surface area contributed by atoms with E-state index in [9.17, 15) is 24.1 Å². The van der Waals surface area contributed by atoms with E-state index in [1.165, 1.54) is 59.5 Å². The van der Waals surface area contributed by atoms with E-state index in [0.717, 1.165) is 10.5 Å². The molecule has 0 radical (unpaired) electrons. The predicted molar refractivity (Wildman–Crippen MR) is 144 cm³/mol. The minimum Gasteiger partial charge on any atom is -0.322 e. The van der Waals surface area contributed by atoms with E-state index in [1.54, 1.807) is 35.7 Å². The number of benzene rings is 3. The fourth-order valence-corrected chi connectivity index (χ4v) is 5.10. The van der Waals surface area contributed by atoms with Crippen molar-refractivity contribution in [3.8, 4) is 11.3 Å². The van der Waals surface area contributed by atoms with Gasteiger partial charge in [0.05, 0.1) is 15.9 Å². The lowest BCUT2D eigenvalue weighted by molar-refractivity contribution is -0.384. The van der Waals surface area contributed by atoms with Crippen molar-refractivity contribution in [2.75, 3.05) is 10.6 Å². The summed E-state index contributed by atoms with van der Waals surface area (Å²) in [6.07, 6.45) is 0.553. The Morgan fingerprint density at radius 3 is 2.57 bits per heavy atom. The standard InChI is InChI=1S/C26H21FN4O4S2/c1-2-23(25(33)30-26-29-22(15-36-26)16-9-11-18(27)12-10-16)37-21-8-4-6-19(14-21)28-24(32)17-5-3-7-20(13-17)31(34)35/h3-15,23H,2H2,1H3,(H,28,32)(H,29,30,33). The maximum Gasteiger partial charge on any atom is 0.270 e. The smallest absolute Gasteiger partial charge is 0.270 e. The second kappa shape index (κ2) is 11.8. The third-order valence-electron chi connectivity index (χ3n) is 5.23. The van der Waals surface area contributed by atoms with Crippen LogP contribution in [0.5, 0.6) is 0 Å². The number of nitrogens with one attached hydrogen (secondary N) is 2. The van der Waals surface area contributed by atoms with Crippen LogP contribution in [-0.2, 0) is 4.79 Å². The second-order valence-corrected chi connectivity index (χ2v) is 9.97. The average molecular weight is 537 g/mol. The van der Waals surface area contributed by atoms with Crippen LogP contribution in [0.2, 0.25) is 0 Å². The molecule has 0 saturated heterocycles. The summed E-state index contributed by atoms with van der Waals surface area (Å²) in [4.78, 5) is 41.1. The molecule has 4 aromatic rings. The molecule has 4 rings (SSSR count). The van der Waals surface area contributed by atoms with Crippen LogP contribution in [0.15, 0.2) is 83.1 Å². The molecule has 1 atom stereocenters. The average Bonchev–Trinajstić information content (AvgIpc) is 3.36. The number of carbonyl (C=O) groups is 2. The molecular formula is C26H21FN4O4S2. The van der Waals surface area contributed by atoms with Gasteiger partial charge in [0.15, 0.2) is 5.13 Å². The molecule has 8 nitrogen and oxygen atoms in total. The fourth-order valence-electron chi connectivity index (χ4n) is 3.37. The third-order valence-corrected chi connectivity index (χ3v) is 7.34. The van der Waals surface area contributed by atoms with Gasteiger partial charge in [-0.2, -0.15) is 0 Å². The van der Waals surface area contributed by atoms with E-state index in [4.69, 9.17) is 0 Å². The molecule has 0 aliphatic heterocycles. The molecule has 1 heterocycles. The van der Waals surface area contributed by atoms with Crippen molar-refractivity contribution < 1.29 is 18.9 Å². The number of hydrogen-bond acceptors (Lipinski definition) is 7. The van der Waals surface area contributed by atoms with Crippen molar-refractivity contribution in [2.45, 2.75) is 23.5 Å². The minimum atomic E-state index is -0.556. The summed E-state index contributed by atoms with van der Waals surface area (Å²) in [5, 5.41) is 18.4. The zero-order valence-corrected chi connectivity index (χ0v) is 21.1. The molecule has 0 bridgehead atoms. The van der Waals surface area contributed by atoms with Crippen molar-refractivity contribution in [1.29, 1.82) is 0 Å². The highest BCUT2D eigenvalue weighted by Gasteiger charge is 2.20. The number of aromatic nitrogens is 1. The largest absolute Gasteiger partial charge is 0.322 e. The van der Waals surface area contributed by atoms with Gasteiger partial charge in [-0.05, 0) is 55.0 Å². The molecule has 2 N–H and O–H groups in total. The summed E-state index contributed by atoms with van der Waals surface area (Å²) in [6.45, 7) is 1.90. The van der Waals surface area contributed by atoms with Gasteiger partial charge < -0.3 is 10.6 Å². The van der Waals surface area contributed by atoms with Gasteiger partial charge in [-0.1, -0.05) is 19.1 Å². The molecule has 0 fully saturated rings. The van der Waals surface area contributed by atoms with Gasteiger partial charge >= 0.3 is 0 Å². The predicted octanol–water partition coefficient (Wildman–Crippen LogP) is 6.62. The number of anilines is 2. The zero-order chi connectivity index (χ0) is 26.4. The lowest BCUT2D eigenvalue weighted by Crippen LogP contribution is -2.24. The molecule has 0 aliphatic carbocycles. The molecule has 1 unspecified atom stereocenters. The van der Waals surface area contributed by atoms with Crippen molar-refractivity contribution in [3.05, 3.63) is 99.7 Å². The molecule has 0 spiro atoms. The van der Waals surface area contributed by atoms with Crippen LogP contribution in [0, 0.1) is 15.9 Å². The quantitative estimate of drug-likeness (QED) is 0.141. The minimum absolute atomic E-state index is 0.168. The maximum absolute atomic E-state index is 13.2. The maximum atomic E-state index is 13.2. The number of nitrogens with zero attached hydrogens (tertiary/aromatic N) is 2. The second-order valence-electron chi connectivity index (χ2n) is 7.84. The van der Waals surface area contributed by atoms with Crippen LogP contribution in [0.4, 0.5) is 20.9 Å². The van der Waals surface area contributed by atoms with Crippen molar-refractivity contribution in [3.63, 3.8) is 0 Å². The van der Waals surface area contributed by atoms with Gasteiger partial charge in [-0.3, -0.25) is 19.7 Å². The van der Waals surface area contributed by atoms with E-state index in [1.807, 2.05) is 13.0 Å². The van der Waals surface area contributed by atoms with Crippen LogP contribution in [-0.4, -0.2) is 27.0 Å². The molecule has 0 saturated carbocycles. The Bertz CT molecular complexity index is 1440. The van der Waals surface area contributed by atoms with E-state index in [-0.39, 0.29) is 23.0 Å². The lowest BCUT2D eigenvalue weighted by atomic mass is 10.2. The Hall–Kier alpha value is -4.09. The monoisotopic (exact) mass is 536 g/mol. The van der Waals surface area contributed by atoms with Gasteiger partial charge in [0.1, 0.15) is 5.82 Å². The summed E-state index contributed by atoms with van der Waals surface area (Å²) >= 11 is 2.63. The number of thiazole rings is 1. The van der Waals surface area contributed by atoms with E-state index >= 15 is 0 Å². The number of thioether (sulfide) groups is 1. The summed E-state index contributed by atoms with van der Waals surface area (Å²) in [5.41, 5.74) is 1.90. The first-order valence-electron chi connectivity index (χ1n) is 11.2. The van der Waals surface area contributed by atoms with Gasteiger partial charge in [0, 0.05) is 39.2 Å². The van der Waals surface area contributed by atoms with Crippen LogP contribution in [0.1, 0.15) is 23.7 Å². The Labute approximate surface area is 220 Å². The summed E-state index contributed by atoms with van der Waals surface area (Å²) in [5.74, 6) is -1.02. The number of nitro benzene ring substituents is 1.